The first-order valence-corrected chi connectivity index (χ1v) is 4.34. The summed E-state index contributed by atoms with van der Waals surface area (Å²) in [6, 6.07) is 9.22. The molecule has 1 aliphatic rings. The first kappa shape index (κ1) is 11.1. The SMILES string of the molecule is [CH2-]COc1[c-]cc(C2CC2)cc1.[U+2]. The van der Waals surface area contributed by atoms with E-state index in [1.807, 2.05) is 12.1 Å². The Kier molecular flexibility index (Phi) is 4.35. The van der Waals surface area contributed by atoms with E-state index in [1.54, 1.807) is 0 Å². The molecule has 0 saturated heterocycles. The van der Waals surface area contributed by atoms with E-state index in [-0.39, 0.29) is 31.1 Å². The molecule has 66 valence electrons. The van der Waals surface area contributed by atoms with Gasteiger partial charge in [0.1, 0.15) is 0 Å². The van der Waals surface area contributed by atoms with E-state index in [0.717, 1.165) is 11.7 Å². The normalized spacial score (nSPS) is 14.8. The molecule has 0 unspecified atom stereocenters. The van der Waals surface area contributed by atoms with E-state index >= 15 is 0 Å². The van der Waals surface area contributed by atoms with Crippen LogP contribution in [-0.2, 0) is 0 Å². The molecule has 13 heavy (non-hydrogen) atoms. The van der Waals surface area contributed by atoms with Crippen LogP contribution in [0.2, 0.25) is 0 Å². The summed E-state index contributed by atoms with van der Waals surface area (Å²) in [6.07, 6.45) is 2.67. The second-order valence-electron chi connectivity index (χ2n) is 3.11. The van der Waals surface area contributed by atoms with E-state index in [2.05, 4.69) is 19.1 Å². The molecule has 0 spiro atoms. The Balaban J connectivity index is 0.000000845. The smallest absolute Gasteiger partial charge is 0.551 e. The van der Waals surface area contributed by atoms with Gasteiger partial charge in [0.05, 0.1) is 0 Å². The minimum Gasteiger partial charge on any atom is -0.551 e. The molecule has 0 aromatic heterocycles. The summed E-state index contributed by atoms with van der Waals surface area (Å²) in [7, 11) is 0. The molecule has 1 aromatic rings. The van der Waals surface area contributed by atoms with Gasteiger partial charge in [-0.25, -0.2) is 0 Å². The number of hydrogen-bond acceptors (Lipinski definition) is 1. The van der Waals surface area contributed by atoms with Crippen molar-refractivity contribution in [2.45, 2.75) is 18.8 Å². The molecule has 1 aliphatic carbocycles. The van der Waals surface area contributed by atoms with Crippen molar-refractivity contribution in [1.29, 1.82) is 0 Å². The second-order valence-corrected chi connectivity index (χ2v) is 3.11. The number of hydrogen-bond donors (Lipinski definition) is 0. The van der Waals surface area contributed by atoms with Crippen molar-refractivity contribution < 1.29 is 35.9 Å². The minimum absolute atomic E-state index is 0. The average Bonchev–Trinajstić information content (AvgIpc) is 2.89. The molecule has 0 aliphatic heterocycles. The first-order valence-electron chi connectivity index (χ1n) is 4.34. The van der Waals surface area contributed by atoms with Gasteiger partial charge in [0.2, 0.25) is 0 Å². The molecule has 2 heteroatoms. The molecule has 1 nitrogen and oxygen atoms in total. The standard InChI is InChI=1S/C11H12O.U/c1-2-12-11-7-5-10(6-8-11)9-3-4-9;/h5-7,9H,1-4H2;/q-2;+2. The van der Waals surface area contributed by atoms with Crippen LogP contribution in [0.1, 0.15) is 24.3 Å². The Morgan fingerprint density at radius 3 is 2.69 bits per heavy atom. The monoisotopic (exact) mass is 398 g/mol. The van der Waals surface area contributed by atoms with Crippen LogP contribution in [0.15, 0.2) is 18.2 Å². The van der Waals surface area contributed by atoms with Crippen LogP contribution in [0.25, 0.3) is 0 Å². The topological polar surface area (TPSA) is 9.23 Å². The van der Waals surface area contributed by atoms with Crippen molar-refractivity contribution in [2.24, 2.45) is 0 Å². The summed E-state index contributed by atoms with van der Waals surface area (Å²) in [5.41, 5.74) is 1.39. The quantitative estimate of drug-likeness (QED) is 0.712. The Morgan fingerprint density at radius 2 is 2.23 bits per heavy atom. The van der Waals surface area contributed by atoms with Crippen LogP contribution in [0, 0.1) is 44.1 Å². The van der Waals surface area contributed by atoms with Crippen LogP contribution in [0.4, 0.5) is 0 Å². The van der Waals surface area contributed by atoms with Gasteiger partial charge in [-0.15, -0.1) is 12.1 Å². The second kappa shape index (κ2) is 5.08. The van der Waals surface area contributed by atoms with Crippen LogP contribution in [0.5, 0.6) is 5.75 Å². The van der Waals surface area contributed by atoms with Gasteiger partial charge in [-0.1, -0.05) is 18.8 Å². The maximum absolute atomic E-state index is 5.19. The molecule has 1 saturated carbocycles. The Labute approximate surface area is 103 Å². The van der Waals surface area contributed by atoms with Gasteiger partial charge < -0.3 is 11.7 Å². The largest absolute Gasteiger partial charge is 2.00 e. The summed E-state index contributed by atoms with van der Waals surface area (Å²) >= 11 is 0. The van der Waals surface area contributed by atoms with Gasteiger partial charge in [0.15, 0.2) is 0 Å². The molecular formula is C11H12OU. The van der Waals surface area contributed by atoms with Gasteiger partial charge in [-0.05, 0) is 6.61 Å². The van der Waals surface area contributed by atoms with Gasteiger partial charge in [-0.3, -0.25) is 0 Å². The molecule has 0 heterocycles. The van der Waals surface area contributed by atoms with Crippen molar-refractivity contribution in [2.75, 3.05) is 6.61 Å². The fourth-order valence-electron chi connectivity index (χ4n) is 1.29. The number of benzene rings is 1. The van der Waals surface area contributed by atoms with Gasteiger partial charge in [0, 0.05) is 5.75 Å². The summed E-state index contributed by atoms with van der Waals surface area (Å²) < 4.78 is 5.19. The van der Waals surface area contributed by atoms with E-state index in [4.69, 9.17) is 4.74 Å². The Hall–Kier alpha value is 0.0719. The van der Waals surface area contributed by atoms with Crippen LogP contribution >= 0.6 is 0 Å². The molecule has 0 radical (unpaired) electrons. The van der Waals surface area contributed by atoms with Crippen LogP contribution < -0.4 is 4.74 Å². The minimum atomic E-state index is 0. The molecule has 0 atom stereocenters. The zero-order valence-electron chi connectivity index (χ0n) is 7.55. The van der Waals surface area contributed by atoms with Crippen LogP contribution in [-0.4, -0.2) is 6.61 Å². The zero-order valence-corrected chi connectivity index (χ0v) is 11.7. The van der Waals surface area contributed by atoms with E-state index in [9.17, 15) is 0 Å². The molecule has 2 rings (SSSR count). The van der Waals surface area contributed by atoms with Crippen LogP contribution in [0.3, 0.4) is 0 Å². The first-order chi connectivity index (χ1) is 5.90. The van der Waals surface area contributed by atoms with Gasteiger partial charge >= 0.3 is 31.1 Å². The molecular weight excluding hydrogens is 386 g/mol. The number of ether oxygens (including phenoxy) is 1. The fraction of sp³-hybridized carbons (Fsp3) is 0.364. The molecule has 1 fully saturated rings. The molecule has 1 aromatic carbocycles. The average molecular weight is 398 g/mol. The summed E-state index contributed by atoms with van der Waals surface area (Å²) in [5.74, 6) is 1.60. The van der Waals surface area contributed by atoms with Crippen molar-refractivity contribution in [3.63, 3.8) is 0 Å². The van der Waals surface area contributed by atoms with E-state index in [0.29, 0.717) is 6.61 Å². The summed E-state index contributed by atoms with van der Waals surface area (Å²) in [5, 5.41) is 0. The summed E-state index contributed by atoms with van der Waals surface area (Å²) in [4.78, 5) is 0. The number of rotatable bonds is 3. The van der Waals surface area contributed by atoms with E-state index < -0.39 is 0 Å². The predicted molar refractivity (Wildman–Crippen MR) is 48.1 cm³/mol. The van der Waals surface area contributed by atoms with Crippen molar-refractivity contribution >= 4 is 0 Å². The zero-order chi connectivity index (χ0) is 8.39. The third-order valence-electron chi connectivity index (χ3n) is 2.11. The maximum atomic E-state index is 5.19. The fourth-order valence-corrected chi connectivity index (χ4v) is 1.29. The third-order valence-corrected chi connectivity index (χ3v) is 2.11. The molecule has 0 N–H and O–H groups in total. The maximum Gasteiger partial charge on any atom is 2.00 e. The molecule has 0 amide bonds. The van der Waals surface area contributed by atoms with Gasteiger partial charge in [0.25, 0.3) is 0 Å². The third kappa shape index (κ3) is 3.04. The Bertz CT molecular complexity index is 251. The Morgan fingerprint density at radius 1 is 1.46 bits per heavy atom. The van der Waals surface area contributed by atoms with Crippen molar-refractivity contribution in [3.05, 3.63) is 36.8 Å². The van der Waals surface area contributed by atoms with Crippen molar-refractivity contribution in [1.82, 2.24) is 0 Å². The van der Waals surface area contributed by atoms with Crippen molar-refractivity contribution in [3.8, 4) is 5.75 Å². The predicted octanol–water partition coefficient (Wildman–Crippen LogP) is 2.58. The summed E-state index contributed by atoms with van der Waals surface area (Å²) in [6.45, 7) is 4.08. The van der Waals surface area contributed by atoms with Gasteiger partial charge in [-0.2, -0.15) is 17.7 Å². The molecule has 0 bridgehead atoms. The van der Waals surface area contributed by atoms with E-state index in [1.165, 1.54) is 18.4 Å².